The van der Waals surface area contributed by atoms with Crippen molar-refractivity contribution in [1.82, 2.24) is 0 Å². The highest BCUT2D eigenvalue weighted by atomic mass is 16.5. The number of carbonyl (C=O) groups excluding carboxylic acids is 1. The van der Waals surface area contributed by atoms with Gasteiger partial charge in [-0.2, -0.15) is 0 Å². The molecule has 0 bridgehead atoms. The van der Waals surface area contributed by atoms with Crippen LogP contribution in [0.25, 0.3) is 11.1 Å². The summed E-state index contributed by atoms with van der Waals surface area (Å²) >= 11 is 0. The largest absolute Gasteiger partial charge is 0.497 e. The van der Waals surface area contributed by atoms with Crippen LogP contribution >= 0.6 is 0 Å². The van der Waals surface area contributed by atoms with Crippen LogP contribution in [-0.4, -0.2) is 25.5 Å². The molecule has 0 unspecified atom stereocenters. The molecule has 2 atom stereocenters. The van der Waals surface area contributed by atoms with E-state index in [-0.39, 0.29) is 11.2 Å². The second kappa shape index (κ2) is 10.5. The Labute approximate surface area is 249 Å². The molecule has 3 heteroatoms. The van der Waals surface area contributed by atoms with Gasteiger partial charge in [-0.1, -0.05) is 110 Å². The maximum Gasteiger partial charge on any atom is 0.173 e. The Balaban J connectivity index is 1.58. The number of nitrogens with zero attached hydrogens (tertiary/aromatic N) is 1. The molecule has 0 saturated heterocycles. The molecule has 1 saturated carbocycles. The van der Waals surface area contributed by atoms with Crippen LogP contribution in [0.2, 0.25) is 0 Å². The van der Waals surface area contributed by atoms with E-state index >= 15 is 4.79 Å². The Bertz CT molecular complexity index is 1670. The minimum absolute atomic E-state index is 0.172. The van der Waals surface area contributed by atoms with Crippen LogP contribution in [0, 0.1) is 5.92 Å². The number of Topliss-reactive ketones (excluding diaryl/α,β-unsaturated/α-hetero) is 1. The molecule has 3 nitrogen and oxygen atoms in total. The molecule has 1 aliphatic heterocycles. The number of carbonyl (C=O) groups is 1. The minimum atomic E-state index is -0.611. The standard InChI is InChI=1S/C39H37NO2/c1-40-35-22-21-32(42-2)26-34(35)38(23-13-6-14-24-38)39(40)27-31(28-15-7-3-8-16-28)25-33(29-17-9-4-10-18-29)36(39)37(41)30-19-11-5-12-20-30/h3-5,7-12,15-22,25-27,36H,6,13-14,23-24H2,1-2H3/t36-,39-/m0/s1. The van der Waals surface area contributed by atoms with Gasteiger partial charge in [0.25, 0.3) is 0 Å². The van der Waals surface area contributed by atoms with E-state index in [1.54, 1.807) is 7.11 Å². The smallest absolute Gasteiger partial charge is 0.173 e. The van der Waals surface area contributed by atoms with E-state index in [1.165, 1.54) is 28.8 Å². The molecule has 0 radical (unpaired) electrons. The van der Waals surface area contributed by atoms with Gasteiger partial charge in [0.05, 0.1) is 18.6 Å². The SMILES string of the molecule is COc1ccc2c(c1)C1(CCCCC1)[C@@]1(C=C(c3ccccc3)C=C(c3ccccc3)[C@H]1C(=O)c1ccccc1)N2C. The van der Waals surface area contributed by atoms with Gasteiger partial charge in [0.1, 0.15) is 5.75 Å². The van der Waals surface area contributed by atoms with Crippen LogP contribution in [0.15, 0.2) is 121 Å². The molecule has 7 rings (SSSR count). The first-order valence-corrected chi connectivity index (χ1v) is 15.2. The topological polar surface area (TPSA) is 29.5 Å². The summed E-state index contributed by atoms with van der Waals surface area (Å²) in [5.74, 6) is 0.638. The van der Waals surface area contributed by atoms with Crippen LogP contribution < -0.4 is 9.64 Å². The van der Waals surface area contributed by atoms with E-state index in [2.05, 4.69) is 103 Å². The predicted molar refractivity (Wildman–Crippen MR) is 172 cm³/mol. The van der Waals surface area contributed by atoms with Gasteiger partial charge in [-0.25, -0.2) is 0 Å². The fourth-order valence-corrected chi connectivity index (χ4v) is 8.22. The molecule has 0 aromatic heterocycles. The first-order chi connectivity index (χ1) is 20.6. The Morgan fingerprint density at radius 1 is 0.786 bits per heavy atom. The number of allylic oxidation sites excluding steroid dienone is 2. The molecule has 4 aromatic carbocycles. The van der Waals surface area contributed by atoms with E-state index in [0.29, 0.717) is 0 Å². The van der Waals surface area contributed by atoms with Crippen molar-refractivity contribution in [3.8, 4) is 5.75 Å². The third-order valence-corrected chi connectivity index (χ3v) is 10.1. The molecule has 1 fully saturated rings. The zero-order valence-corrected chi connectivity index (χ0v) is 24.4. The molecule has 42 heavy (non-hydrogen) atoms. The summed E-state index contributed by atoms with van der Waals surface area (Å²) in [5, 5.41) is 0. The number of ketones is 1. The minimum Gasteiger partial charge on any atom is -0.497 e. The quantitative estimate of drug-likeness (QED) is 0.232. The van der Waals surface area contributed by atoms with E-state index in [9.17, 15) is 0 Å². The van der Waals surface area contributed by atoms with E-state index < -0.39 is 11.5 Å². The fraction of sp³-hybridized carbons (Fsp3) is 0.256. The maximum absolute atomic E-state index is 15.1. The Morgan fingerprint density at radius 2 is 1.40 bits per heavy atom. The molecule has 2 spiro atoms. The van der Waals surface area contributed by atoms with E-state index in [0.717, 1.165) is 48.1 Å². The van der Waals surface area contributed by atoms with Crippen molar-refractivity contribution >= 4 is 22.6 Å². The lowest BCUT2D eigenvalue weighted by molar-refractivity contribution is 0.0841. The molecule has 210 valence electrons. The third-order valence-electron chi connectivity index (χ3n) is 10.1. The van der Waals surface area contributed by atoms with Crippen molar-refractivity contribution in [3.63, 3.8) is 0 Å². The molecular formula is C39H37NO2. The van der Waals surface area contributed by atoms with Crippen molar-refractivity contribution in [3.05, 3.63) is 144 Å². The third kappa shape index (κ3) is 3.90. The van der Waals surface area contributed by atoms with Gasteiger partial charge in [-0.3, -0.25) is 4.79 Å². The molecule has 0 N–H and O–H groups in total. The van der Waals surface area contributed by atoms with Crippen molar-refractivity contribution in [1.29, 1.82) is 0 Å². The number of benzene rings is 4. The van der Waals surface area contributed by atoms with Gasteiger partial charge in [-0.05, 0) is 71.0 Å². The number of hydrogen-bond acceptors (Lipinski definition) is 3. The van der Waals surface area contributed by atoms with Crippen LogP contribution in [0.1, 0.15) is 59.2 Å². The molecule has 2 aliphatic carbocycles. The summed E-state index contributed by atoms with van der Waals surface area (Å²) in [6.45, 7) is 0. The molecule has 4 aromatic rings. The monoisotopic (exact) mass is 551 g/mol. The zero-order valence-electron chi connectivity index (χ0n) is 24.4. The normalized spacial score (nSPS) is 22.4. The van der Waals surface area contributed by atoms with Crippen LogP contribution in [0.4, 0.5) is 5.69 Å². The Hall–Kier alpha value is -4.37. The predicted octanol–water partition coefficient (Wildman–Crippen LogP) is 8.77. The average Bonchev–Trinajstić information content (AvgIpc) is 3.24. The van der Waals surface area contributed by atoms with Crippen molar-refractivity contribution in [2.24, 2.45) is 5.92 Å². The fourth-order valence-electron chi connectivity index (χ4n) is 8.22. The summed E-state index contributed by atoms with van der Waals surface area (Å²) in [5.41, 5.74) is 6.92. The number of anilines is 1. The van der Waals surface area contributed by atoms with Gasteiger partial charge in [0, 0.05) is 23.7 Å². The lowest BCUT2D eigenvalue weighted by Crippen LogP contribution is -2.63. The maximum atomic E-state index is 15.1. The highest BCUT2D eigenvalue weighted by Gasteiger charge is 2.66. The molecule has 1 heterocycles. The Kier molecular flexibility index (Phi) is 6.61. The van der Waals surface area contributed by atoms with E-state index in [4.69, 9.17) is 4.74 Å². The van der Waals surface area contributed by atoms with E-state index in [1.807, 2.05) is 30.3 Å². The zero-order chi connectivity index (χ0) is 28.7. The van der Waals surface area contributed by atoms with Crippen molar-refractivity contribution < 1.29 is 9.53 Å². The van der Waals surface area contributed by atoms with Gasteiger partial charge < -0.3 is 9.64 Å². The summed E-state index contributed by atoms with van der Waals surface area (Å²) < 4.78 is 5.80. The van der Waals surface area contributed by atoms with Gasteiger partial charge >= 0.3 is 0 Å². The Morgan fingerprint density at radius 3 is 2.05 bits per heavy atom. The van der Waals surface area contributed by atoms with Crippen molar-refractivity contribution in [2.45, 2.75) is 43.1 Å². The van der Waals surface area contributed by atoms with Gasteiger partial charge in [0.2, 0.25) is 0 Å². The van der Waals surface area contributed by atoms with Crippen LogP contribution in [0.3, 0.4) is 0 Å². The van der Waals surface area contributed by atoms with Gasteiger partial charge in [0.15, 0.2) is 5.78 Å². The first-order valence-electron chi connectivity index (χ1n) is 15.2. The second-order valence-corrected chi connectivity index (χ2v) is 12.0. The summed E-state index contributed by atoms with van der Waals surface area (Å²) in [6.07, 6.45) is 10.3. The van der Waals surface area contributed by atoms with Crippen molar-refractivity contribution in [2.75, 3.05) is 19.1 Å². The lowest BCUT2D eigenvalue weighted by Gasteiger charge is -2.55. The number of rotatable bonds is 5. The number of ether oxygens (including phenoxy) is 1. The number of methoxy groups -OCH3 is 1. The molecular weight excluding hydrogens is 514 g/mol. The second-order valence-electron chi connectivity index (χ2n) is 12.0. The van der Waals surface area contributed by atoms with Crippen LogP contribution in [0.5, 0.6) is 5.75 Å². The average molecular weight is 552 g/mol. The molecule has 0 amide bonds. The number of hydrogen-bond donors (Lipinski definition) is 0. The van der Waals surface area contributed by atoms with Gasteiger partial charge in [-0.15, -0.1) is 0 Å². The molecule has 3 aliphatic rings. The first kappa shape index (κ1) is 26.5. The lowest BCUT2D eigenvalue weighted by atomic mass is 9.51. The highest BCUT2D eigenvalue weighted by molar-refractivity contribution is 6.10. The number of fused-ring (bicyclic) bond motifs is 3. The summed E-state index contributed by atoms with van der Waals surface area (Å²) in [7, 11) is 3.96. The summed E-state index contributed by atoms with van der Waals surface area (Å²) in [6, 6.07) is 37.7. The summed E-state index contributed by atoms with van der Waals surface area (Å²) in [4.78, 5) is 17.6. The van der Waals surface area contributed by atoms with Crippen LogP contribution in [-0.2, 0) is 5.41 Å². The number of likely N-dealkylation sites (N-methyl/N-ethyl adjacent to an activating group) is 1. The highest BCUT2D eigenvalue weighted by Crippen LogP contribution is 2.65.